The summed E-state index contributed by atoms with van der Waals surface area (Å²) in [6.07, 6.45) is -0.869. The average Bonchev–Trinajstić information content (AvgIpc) is 2.98. The van der Waals surface area contributed by atoms with Crippen LogP contribution in [-0.4, -0.2) is 22.6 Å². The van der Waals surface area contributed by atoms with Crippen molar-refractivity contribution in [2.24, 2.45) is 0 Å². The smallest absolute Gasteiger partial charge is 0.340 e. The molecule has 3 aromatic rings. The number of benzene rings is 1. The number of aromatic nitrogens is 2. The van der Waals surface area contributed by atoms with E-state index in [4.69, 9.17) is 14.5 Å². The highest BCUT2D eigenvalue weighted by molar-refractivity contribution is 5.84. The predicted molar refractivity (Wildman–Crippen MR) is 90.1 cm³/mol. The number of hydrogen-bond donors (Lipinski definition) is 0. The fourth-order valence-corrected chi connectivity index (χ4v) is 3.68. The van der Waals surface area contributed by atoms with Crippen LogP contribution in [-0.2, 0) is 27.4 Å². The van der Waals surface area contributed by atoms with Gasteiger partial charge in [0.2, 0.25) is 0 Å². The van der Waals surface area contributed by atoms with Gasteiger partial charge in [-0.1, -0.05) is 18.2 Å². The first-order valence-electron chi connectivity index (χ1n) is 8.02. The highest BCUT2D eigenvalue weighted by atomic mass is 16.6. The van der Waals surface area contributed by atoms with Crippen LogP contribution in [0.25, 0.3) is 22.3 Å². The van der Waals surface area contributed by atoms with E-state index in [1.807, 2.05) is 30.3 Å². The number of ether oxygens (including phenoxy) is 2. The summed E-state index contributed by atoms with van der Waals surface area (Å²) in [4.78, 5) is 29.6. The van der Waals surface area contributed by atoms with Crippen molar-refractivity contribution in [2.75, 3.05) is 7.11 Å². The summed E-state index contributed by atoms with van der Waals surface area (Å²) in [6.45, 7) is 0.457. The standard InChI is InChI=1S/C19H14N2O4/c1-24-17-12-7-15-16-11(6-10-4-2-3-5-14(10)20-16)8-21(15)18(22)13(12)9-25-19(17)23/h2-7,17H,8-9H2,1H3. The van der Waals surface area contributed by atoms with E-state index in [2.05, 4.69) is 6.07 Å². The third-order valence-corrected chi connectivity index (χ3v) is 4.90. The highest BCUT2D eigenvalue weighted by Gasteiger charge is 2.34. The Balaban J connectivity index is 1.79. The van der Waals surface area contributed by atoms with Gasteiger partial charge in [0.25, 0.3) is 5.56 Å². The van der Waals surface area contributed by atoms with Crippen molar-refractivity contribution in [3.8, 4) is 11.4 Å². The number of nitrogens with zero attached hydrogens (tertiary/aromatic N) is 2. The molecule has 2 aliphatic heterocycles. The Bertz CT molecular complexity index is 1120. The molecule has 1 unspecified atom stereocenters. The number of methoxy groups -OCH3 is 1. The molecular weight excluding hydrogens is 320 g/mol. The first-order chi connectivity index (χ1) is 12.2. The van der Waals surface area contributed by atoms with Crippen LogP contribution in [0.4, 0.5) is 0 Å². The number of carbonyl (C=O) groups excluding carboxylic acids is 1. The van der Waals surface area contributed by atoms with E-state index in [9.17, 15) is 9.59 Å². The maximum Gasteiger partial charge on any atom is 0.340 e. The molecule has 4 heterocycles. The van der Waals surface area contributed by atoms with Crippen LogP contribution >= 0.6 is 0 Å². The minimum Gasteiger partial charge on any atom is -0.458 e. The molecule has 0 saturated heterocycles. The normalized spacial score (nSPS) is 17.8. The molecule has 0 N–H and O–H groups in total. The van der Waals surface area contributed by atoms with Crippen LogP contribution < -0.4 is 5.56 Å². The summed E-state index contributed by atoms with van der Waals surface area (Å²) in [5.74, 6) is -0.468. The number of fused-ring (bicyclic) bond motifs is 5. The third kappa shape index (κ3) is 1.91. The van der Waals surface area contributed by atoms with Gasteiger partial charge in [-0.3, -0.25) is 4.79 Å². The molecule has 0 amide bonds. The van der Waals surface area contributed by atoms with Crippen molar-refractivity contribution in [3.63, 3.8) is 0 Å². The Morgan fingerprint density at radius 2 is 2.08 bits per heavy atom. The molecule has 6 heteroatoms. The van der Waals surface area contributed by atoms with E-state index >= 15 is 0 Å². The molecule has 1 aromatic carbocycles. The maximum absolute atomic E-state index is 12.9. The van der Waals surface area contributed by atoms with E-state index in [1.165, 1.54) is 7.11 Å². The zero-order valence-electron chi connectivity index (χ0n) is 13.5. The summed E-state index contributed by atoms with van der Waals surface area (Å²) >= 11 is 0. The SMILES string of the molecule is COC1C(=O)OCc2c1cc1n(c2=O)Cc2cc3ccccc3nc2-1. The number of hydrogen-bond acceptors (Lipinski definition) is 5. The molecule has 0 saturated carbocycles. The molecule has 0 bridgehead atoms. The quantitative estimate of drug-likeness (QED) is 0.499. The minimum atomic E-state index is -0.869. The van der Waals surface area contributed by atoms with Gasteiger partial charge in [-0.25, -0.2) is 9.78 Å². The van der Waals surface area contributed by atoms with Crippen LogP contribution in [0.5, 0.6) is 0 Å². The Labute approximate surface area is 142 Å². The van der Waals surface area contributed by atoms with E-state index < -0.39 is 12.1 Å². The van der Waals surface area contributed by atoms with Gasteiger partial charge in [0.05, 0.1) is 29.0 Å². The summed E-state index contributed by atoms with van der Waals surface area (Å²) in [5, 5.41) is 1.04. The molecule has 0 aliphatic carbocycles. The van der Waals surface area contributed by atoms with Crippen molar-refractivity contribution in [2.45, 2.75) is 19.3 Å². The fourth-order valence-electron chi connectivity index (χ4n) is 3.68. The molecule has 0 fully saturated rings. The number of cyclic esters (lactones) is 1. The van der Waals surface area contributed by atoms with Crippen LogP contribution in [0, 0.1) is 0 Å². The Kier molecular flexibility index (Phi) is 2.87. The van der Waals surface area contributed by atoms with E-state index in [0.717, 1.165) is 27.9 Å². The zero-order valence-corrected chi connectivity index (χ0v) is 13.5. The lowest BCUT2D eigenvalue weighted by molar-refractivity contribution is -0.159. The molecule has 25 heavy (non-hydrogen) atoms. The molecule has 5 rings (SSSR count). The number of pyridine rings is 2. The van der Waals surface area contributed by atoms with Crippen molar-refractivity contribution >= 4 is 16.9 Å². The van der Waals surface area contributed by atoms with Gasteiger partial charge in [-0.05, 0) is 18.2 Å². The third-order valence-electron chi connectivity index (χ3n) is 4.90. The van der Waals surface area contributed by atoms with Crippen molar-refractivity contribution in [1.29, 1.82) is 0 Å². The summed E-state index contributed by atoms with van der Waals surface area (Å²) in [7, 11) is 1.44. The van der Waals surface area contributed by atoms with Gasteiger partial charge in [0.15, 0.2) is 6.10 Å². The molecule has 1 atom stereocenters. The van der Waals surface area contributed by atoms with Gasteiger partial charge >= 0.3 is 5.97 Å². The topological polar surface area (TPSA) is 70.4 Å². The van der Waals surface area contributed by atoms with E-state index in [-0.39, 0.29) is 12.2 Å². The van der Waals surface area contributed by atoms with Gasteiger partial charge in [-0.2, -0.15) is 0 Å². The second kappa shape index (κ2) is 5.00. The van der Waals surface area contributed by atoms with Crippen LogP contribution in [0.3, 0.4) is 0 Å². The van der Waals surface area contributed by atoms with Crippen LogP contribution in [0.15, 0.2) is 41.2 Å². The van der Waals surface area contributed by atoms with Gasteiger partial charge in [-0.15, -0.1) is 0 Å². The summed E-state index contributed by atoms with van der Waals surface area (Å²) in [5.41, 5.74) is 4.30. The largest absolute Gasteiger partial charge is 0.458 e. The van der Waals surface area contributed by atoms with Gasteiger partial charge < -0.3 is 14.0 Å². The highest BCUT2D eigenvalue weighted by Crippen LogP contribution is 2.35. The lowest BCUT2D eigenvalue weighted by Gasteiger charge is -2.24. The maximum atomic E-state index is 12.9. The lowest BCUT2D eigenvalue weighted by atomic mass is 10.0. The number of para-hydroxylation sites is 1. The molecule has 2 aliphatic rings. The van der Waals surface area contributed by atoms with E-state index in [1.54, 1.807) is 4.57 Å². The number of esters is 1. The van der Waals surface area contributed by atoms with Crippen LogP contribution in [0.1, 0.15) is 22.8 Å². The van der Waals surface area contributed by atoms with E-state index in [0.29, 0.717) is 17.7 Å². The molecule has 0 spiro atoms. The lowest BCUT2D eigenvalue weighted by Crippen LogP contribution is -2.33. The van der Waals surface area contributed by atoms with Crippen molar-refractivity contribution in [3.05, 3.63) is 63.4 Å². The van der Waals surface area contributed by atoms with Gasteiger partial charge in [0.1, 0.15) is 6.61 Å². The zero-order chi connectivity index (χ0) is 17.1. The Hall–Kier alpha value is -2.99. The molecular formula is C19H14N2O4. The molecule has 0 radical (unpaired) electrons. The molecule has 2 aromatic heterocycles. The average molecular weight is 334 g/mol. The van der Waals surface area contributed by atoms with Crippen molar-refractivity contribution in [1.82, 2.24) is 9.55 Å². The predicted octanol–water partition coefficient (Wildman–Crippen LogP) is 2.17. The Morgan fingerprint density at radius 3 is 2.92 bits per heavy atom. The second-order valence-electron chi connectivity index (χ2n) is 6.27. The first-order valence-corrected chi connectivity index (χ1v) is 8.02. The number of rotatable bonds is 1. The number of carbonyl (C=O) groups is 1. The first kappa shape index (κ1) is 14.4. The molecule has 6 nitrogen and oxygen atoms in total. The monoisotopic (exact) mass is 334 g/mol. The second-order valence-corrected chi connectivity index (χ2v) is 6.27. The van der Waals surface area contributed by atoms with Gasteiger partial charge in [0, 0.05) is 23.6 Å². The van der Waals surface area contributed by atoms with Crippen LogP contribution in [0.2, 0.25) is 0 Å². The minimum absolute atomic E-state index is 0.0150. The van der Waals surface area contributed by atoms with Crippen molar-refractivity contribution < 1.29 is 14.3 Å². The Morgan fingerprint density at radius 1 is 1.24 bits per heavy atom. The fraction of sp³-hybridized carbons (Fsp3) is 0.211. The summed E-state index contributed by atoms with van der Waals surface area (Å²) < 4.78 is 12.1. The summed E-state index contributed by atoms with van der Waals surface area (Å²) in [6, 6.07) is 11.8. The molecule has 124 valence electrons.